The van der Waals surface area contributed by atoms with Crippen LogP contribution in [0.4, 0.5) is 0 Å². The van der Waals surface area contributed by atoms with Crippen molar-refractivity contribution in [1.82, 2.24) is 0 Å². The van der Waals surface area contributed by atoms with Crippen molar-refractivity contribution >= 4 is 0 Å². The first-order valence-corrected chi connectivity index (χ1v) is 12.8. The normalized spacial score (nSPS) is 17.4. The minimum absolute atomic E-state index is 0.0926. The second kappa shape index (κ2) is 20.8. The van der Waals surface area contributed by atoms with E-state index >= 15 is 0 Å². The number of hydrogen-bond acceptors (Lipinski definition) is 3. The van der Waals surface area contributed by atoms with E-state index in [9.17, 15) is 15.3 Å². The maximum Gasteiger partial charge on any atom is 0.0569 e. The molecule has 0 fully saturated rings. The highest BCUT2D eigenvalue weighted by molar-refractivity contribution is 4.72. The van der Waals surface area contributed by atoms with Crippen molar-refractivity contribution in [2.45, 2.75) is 140 Å². The van der Waals surface area contributed by atoms with Crippen LogP contribution in [0.5, 0.6) is 0 Å². The van der Waals surface area contributed by atoms with Gasteiger partial charge >= 0.3 is 0 Å². The lowest BCUT2D eigenvalue weighted by Crippen LogP contribution is -2.27. The van der Waals surface area contributed by atoms with Gasteiger partial charge in [0.2, 0.25) is 0 Å². The molecule has 0 amide bonds. The van der Waals surface area contributed by atoms with E-state index in [2.05, 4.69) is 76.2 Å². The average molecular weight is 433 g/mol. The molecule has 0 heterocycles. The predicted molar refractivity (Wildman–Crippen MR) is 135 cm³/mol. The molecule has 0 aromatic carbocycles. The third kappa shape index (κ3) is 22.6. The molecule has 0 aromatic heterocycles. The van der Waals surface area contributed by atoms with Gasteiger partial charge in [-0.15, -0.1) is 0 Å². The lowest BCUT2D eigenvalue weighted by atomic mass is 9.87. The van der Waals surface area contributed by atoms with Crippen molar-refractivity contribution in [1.29, 1.82) is 0 Å². The van der Waals surface area contributed by atoms with Crippen molar-refractivity contribution in [3.8, 4) is 0 Å². The zero-order valence-electron chi connectivity index (χ0n) is 22.8. The van der Waals surface area contributed by atoms with Crippen molar-refractivity contribution in [2.75, 3.05) is 0 Å². The summed E-state index contributed by atoms with van der Waals surface area (Å²) in [5.41, 5.74) is 0. The Labute approximate surface area is 191 Å². The van der Waals surface area contributed by atoms with Crippen LogP contribution in [0.25, 0.3) is 0 Å². The van der Waals surface area contributed by atoms with Gasteiger partial charge in [-0.05, 0) is 54.8 Å². The summed E-state index contributed by atoms with van der Waals surface area (Å²) >= 11 is 0. The fourth-order valence-corrected chi connectivity index (χ4v) is 2.75. The van der Waals surface area contributed by atoms with Crippen LogP contribution in [0.2, 0.25) is 0 Å². The van der Waals surface area contributed by atoms with Crippen LogP contribution in [0.1, 0.15) is 122 Å². The van der Waals surface area contributed by atoms with Gasteiger partial charge in [-0.3, -0.25) is 0 Å². The Bertz CT molecular complexity index is 341. The highest BCUT2D eigenvalue weighted by Gasteiger charge is 2.21. The van der Waals surface area contributed by atoms with Crippen LogP contribution >= 0.6 is 0 Å². The first-order valence-electron chi connectivity index (χ1n) is 12.8. The monoisotopic (exact) mass is 432 g/mol. The molecule has 6 unspecified atom stereocenters. The topological polar surface area (TPSA) is 60.7 Å². The highest BCUT2D eigenvalue weighted by atomic mass is 16.3. The molecule has 0 saturated heterocycles. The summed E-state index contributed by atoms with van der Waals surface area (Å²) in [5, 5.41) is 29.2. The summed E-state index contributed by atoms with van der Waals surface area (Å²) in [7, 11) is 0. The molecule has 0 aliphatic heterocycles. The van der Waals surface area contributed by atoms with Crippen LogP contribution in [0.15, 0.2) is 0 Å². The van der Waals surface area contributed by atoms with Gasteiger partial charge < -0.3 is 15.3 Å². The van der Waals surface area contributed by atoms with E-state index < -0.39 is 0 Å². The molecule has 0 aliphatic carbocycles. The summed E-state index contributed by atoms with van der Waals surface area (Å²) in [5.74, 6) is 3.00. The summed E-state index contributed by atoms with van der Waals surface area (Å²) in [6.45, 7) is 25.6. The maximum atomic E-state index is 9.88. The molecule has 0 bridgehead atoms. The summed E-state index contributed by atoms with van der Waals surface area (Å²) in [4.78, 5) is 0. The molecule has 0 aromatic rings. The van der Waals surface area contributed by atoms with Gasteiger partial charge in [0.15, 0.2) is 0 Å². The smallest absolute Gasteiger partial charge is 0.0569 e. The predicted octanol–water partition coefficient (Wildman–Crippen LogP) is 7.32. The molecule has 3 N–H and O–H groups in total. The first kappa shape index (κ1) is 34.5. The lowest BCUT2D eigenvalue weighted by molar-refractivity contribution is 0.0359. The van der Waals surface area contributed by atoms with E-state index in [-0.39, 0.29) is 24.2 Å². The SMILES string of the molecule is CCC(C)C.CCC(C)C(O)CC(C)C.CCC(C)C(O)CC(C)C(O)CC(C)C. The van der Waals surface area contributed by atoms with E-state index in [1.807, 2.05) is 6.92 Å². The minimum atomic E-state index is -0.274. The Morgan fingerprint density at radius 1 is 0.400 bits per heavy atom. The van der Waals surface area contributed by atoms with Gasteiger partial charge in [-0.25, -0.2) is 0 Å². The summed E-state index contributed by atoms with van der Waals surface area (Å²) < 4.78 is 0. The quantitative estimate of drug-likeness (QED) is 0.303. The molecule has 30 heavy (non-hydrogen) atoms. The minimum Gasteiger partial charge on any atom is -0.393 e. The Morgan fingerprint density at radius 2 is 0.667 bits per heavy atom. The number of rotatable bonds is 12. The molecule has 0 aliphatic rings. The Hall–Kier alpha value is -0.120. The fourth-order valence-electron chi connectivity index (χ4n) is 2.75. The van der Waals surface area contributed by atoms with Gasteiger partial charge in [0.25, 0.3) is 0 Å². The van der Waals surface area contributed by atoms with Gasteiger partial charge in [-0.2, -0.15) is 0 Å². The van der Waals surface area contributed by atoms with E-state index in [0.717, 1.165) is 31.6 Å². The molecule has 3 nitrogen and oxygen atoms in total. The first-order chi connectivity index (χ1) is 13.7. The van der Waals surface area contributed by atoms with Crippen molar-refractivity contribution in [3.05, 3.63) is 0 Å². The summed E-state index contributed by atoms with van der Waals surface area (Å²) in [6.07, 6.45) is 5.22. The molecule has 0 saturated carbocycles. The number of hydrogen-bond donors (Lipinski definition) is 3. The van der Waals surface area contributed by atoms with E-state index in [0.29, 0.717) is 30.1 Å². The maximum absolute atomic E-state index is 9.88. The van der Waals surface area contributed by atoms with Crippen molar-refractivity contribution < 1.29 is 15.3 Å². The van der Waals surface area contributed by atoms with Gasteiger partial charge in [0, 0.05) is 0 Å². The Kier molecular flexibility index (Phi) is 23.9. The van der Waals surface area contributed by atoms with Crippen molar-refractivity contribution in [2.24, 2.45) is 35.5 Å². The van der Waals surface area contributed by atoms with E-state index in [4.69, 9.17) is 0 Å². The number of aliphatic hydroxyl groups excluding tert-OH is 3. The summed E-state index contributed by atoms with van der Waals surface area (Å²) in [6, 6.07) is 0. The van der Waals surface area contributed by atoms with Crippen LogP contribution in [0, 0.1) is 35.5 Å². The lowest BCUT2D eigenvalue weighted by Gasteiger charge is -2.25. The van der Waals surface area contributed by atoms with Crippen molar-refractivity contribution in [3.63, 3.8) is 0 Å². The zero-order valence-corrected chi connectivity index (χ0v) is 22.8. The largest absolute Gasteiger partial charge is 0.393 e. The molecule has 186 valence electrons. The molecule has 6 atom stereocenters. The van der Waals surface area contributed by atoms with Gasteiger partial charge in [0.1, 0.15) is 0 Å². The average Bonchev–Trinajstić information content (AvgIpc) is 2.66. The molecular formula is C27H60O3. The Morgan fingerprint density at radius 3 is 0.900 bits per heavy atom. The van der Waals surface area contributed by atoms with Gasteiger partial charge in [0.05, 0.1) is 18.3 Å². The molecule has 0 rings (SSSR count). The number of aliphatic hydroxyl groups is 3. The Balaban J connectivity index is -0.000000417. The standard InChI is InChI=1S/C13H28O2.C9H20O.C5H12/c1-6-10(4)13(15)8-11(5)12(14)7-9(2)3;1-5-8(4)9(10)6-7(2)3;1-4-5(2)3/h9-15H,6-8H2,1-5H3;7-10H,5-6H2,1-4H3;5H,4H2,1-3H3. The van der Waals surface area contributed by atoms with E-state index in [1.54, 1.807) is 0 Å². The second-order valence-corrected chi connectivity index (χ2v) is 10.7. The molecule has 0 spiro atoms. The molecular weight excluding hydrogens is 372 g/mol. The van der Waals surface area contributed by atoms with Crippen LogP contribution in [-0.4, -0.2) is 33.6 Å². The highest BCUT2D eigenvalue weighted by Crippen LogP contribution is 2.21. The zero-order chi connectivity index (χ0) is 24.4. The third-order valence-corrected chi connectivity index (χ3v) is 6.11. The van der Waals surface area contributed by atoms with Crippen LogP contribution in [0.3, 0.4) is 0 Å². The molecule has 0 radical (unpaired) electrons. The second-order valence-electron chi connectivity index (χ2n) is 10.7. The van der Waals surface area contributed by atoms with Gasteiger partial charge in [-0.1, -0.05) is 102 Å². The van der Waals surface area contributed by atoms with Crippen LogP contribution < -0.4 is 0 Å². The fraction of sp³-hybridized carbons (Fsp3) is 1.00. The van der Waals surface area contributed by atoms with E-state index in [1.165, 1.54) is 6.42 Å². The molecule has 3 heteroatoms. The van der Waals surface area contributed by atoms with Crippen LogP contribution in [-0.2, 0) is 0 Å². The third-order valence-electron chi connectivity index (χ3n) is 6.11.